The van der Waals surface area contributed by atoms with Crippen LogP contribution in [0.5, 0.6) is 0 Å². The second-order valence-corrected chi connectivity index (χ2v) is 5.18. The van der Waals surface area contributed by atoms with Crippen molar-refractivity contribution < 1.29 is 14.6 Å². The Morgan fingerprint density at radius 3 is 2.41 bits per heavy atom. The molecule has 0 spiro atoms. The van der Waals surface area contributed by atoms with Crippen LogP contribution >= 0.6 is 0 Å². The minimum absolute atomic E-state index is 0.0473. The number of carboxylic acids is 1. The molecule has 0 radical (unpaired) electrons. The van der Waals surface area contributed by atoms with E-state index < -0.39 is 11.5 Å². The molecule has 0 saturated heterocycles. The van der Waals surface area contributed by atoms with E-state index in [0.717, 1.165) is 12.8 Å². The van der Waals surface area contributed by atoms with Crippen molar-refractivity contribution in [1.29, 1.82) is 0 Å². The van der Waals surface area contributed by atoms with E-state index in [4.69, 9.17) is 4.74 Å². The first-order valence-electron chi connectivity index (χ1n) is 6.44. The van der Waals surface area contributed by atoms with E-state index in [9.17, 15) is 9.90 Å². The highest BCUT2D eigenvalue weighted by Crippen LogP contribution is 2.16. The number of aliphatic carboxylic acids is 1. The highest BCUT2D eigenvalue weighted by molar-refractivity contribution is 5.78. The van der Waals surface area contributed by atoms with E-state index in [2.05, 4.69) is 12.2 Å². The molecule has 0 aliphatic rings. The van der Waals surface area contributed by atoms with Gasteiger partial charge >= 0.3 is 5.97 Å². The summed E-state index contributed by atoms with van der Waals surface area (Å²) in [6, 6.07) is 0.138. The van der Waals surface area contributed by atoms with E-state index in [1.165, 1.54) is 0 Å². The summed E-state index contributed by atoms with van der Waals surface area (Å²) in [6.45, 7) is 10.4. The second kappa shape index (κ2) is 7.67. The Morgan fingerprint density at radius 2 is 2.00 bits per heavy atom. The van der Waals surface area contributed by atoms with Crippen LogP contribution in [0.2, 0.25) is 0 Å². The fourth-order valence-corrected chi connectivity index (χ4v) is 1.91. The summed E-state index contributed by atoms with van der Waals surface area (Å²) in [5.74, 6) is -0.822. The third-order valence-electron chi connectivity index (χ3n) is 2.68. The SMILES string of the molecule is CCCCOC(C)CC(C)(NC(C)C)C(=O)O. The van der Waals surface area contributed by atoms with Gasteiger partial charge in [0.05, 0.1) is 6.10 Å². The van der Waals surface area contributed by atoms with Gasteiger partial charge in [-0.2, -0.15) is 0 Å². The molecule has 102 valence electrons. The van der Waals surface area contributed by atoms with Crippen LogP contribution in [0.4, 0.5) is 0 Å². The number of carbonyl (C=O) groups is 1. The maximum Gasteiger partial charge on any atom is 0.323 e. The smallest absolute Gasteiger partial charge is 0.323 e. The molecule has 0 aromatic heterocycles. The molecule has 0 amide bonds. The van der Waals surface area contributed by atoms with E-state index in [-0.39, 0.29) is 12.1 Å². The molecule has 0 aromatic carbocycles. The number of rotatable bonds is 9. The van der Waals surface area contributed by atoms with Gasteiger partial charge in [0.25, 0.3) is 0 Å². The van der Waals surface area contributed by atoms with E-state index in [1.54, 1.807) is 6.92 Å². The largest absolute Gasteiger partial charge is 0.480 e. The Kier molecular flexibility index (Phi) is 7.39. The molecule has 0 aliphatic carbocycles. The van der Waals surface area contributed by atoms with E-state index in [0.29, 0.717) is 13.0 Å². The average Bonchev–Trinajstić information content (AvgIpc) is 2.16. The lowest BCUT2D eigenvalue weighted by atomic mass is 9.94. The van der Waals surface area contributed by atoms with Gasteiger partial charge in [0.15, 0.2) is 0 Å². The first-order valence-corrected chi connectivity index (χ1v) is 6.44. The van der Waals surface area contributed by atoms with Crippen LogP contribution in [0.25, 0.3) is 0 Å². The predicted molar refractivity (Wildman–Crippen MR) is 69.3 cm³/mol. The zero-order valence-electron chi connectivity index (χ0n) is 11.7. The summed E-state index contributed by atoms with van der Waals surface area (Å²) < 4.78 is 5.61. The van der Waals surface area contributed by atoms with Gasteiger partial charge in [0, 0.05) is 19.1 Å². The van der Waals surface area contributed by atoms with Gasteiger partial charge < -0.3 is 9.84 Å². The van der Waals surface area contributed by atoms with Gasteiger partial charge in [-0.05, 0) is 34.1 Å². The van der Waals surface area contributed by atoms with Crippen LogP contribution in [0.3, 0.4) is 0 Å². The van der Waals surface area contributed by atoms with Crippen molar-refractivity contribution in [3.05, 3.63) is 0 Å². The minimum atomic E-state index is -0.917. The van der Waals surface area contributed by atoms with Crippen LogP contribution in [-0.4, -0.2) is 35.4 Å². The summed E-state index contributed by atoms with van der Waals surface area (Å²) in [6.07, 6.45) is 2.54. The number of unbranched alkanes of at least 4 members (excludes halogenated alkanes) is 1. The molecule has 0 aromatic rings. The Balaban J connectivity index is 4.28. The fraction of sp³-hybridized carbons (Fsp3) is 0.923. The maximum absolute atomic E-state index is 11.3. The van der Waals surface area contributed by atoms with Crippen molar-refractivity contribution in [2.75, 3.05) is 6.61 Å². The third-order valence-corrected chi connectivity index (χ3v) is 2.68. The van der Waals surface area contributed by atoms with Crippen molar-refractivity contribution in [3.63, 3.8) is 0 Å². The zero-order valence-corrected chi connectivity index (χ0v) is 11.7. The first kappa shape index (κ1) is 16.4. The number of nitrogens with one attached hydrogen (secondary N) is 1. The van der Waals surface area contributed by atoms with Crippen LogP contribution in [0.15, 0.2) is 0 Å². The third kappa shape index (κ3) is 6.64. The molecule has 17 heavy (non-hydrogen) atoms. The van der Waals surface area contributed by atoms with Crippen molar-refractivity contribution in [3.8, 4) is 0 Å². The first-order chi connectivity index (χ1) is 7.81. The highest BCUT2D eigenvalue weighted by atomic mass is 16.5. The second-order valence-electron chi connectivity index (χ2n) is 5.18. The van der Waals surface area contributed by atoms with Crippen LogP contribution < -0.4 is 5.32 Å². The van der Waals surface area contributed by atoms with Crippen molar-refractivity contribution in [2.24, 2.45) is 0 Å². The van der Waals surface area contributed by atoms with Gasteiger partial charge in [-0.25, -0.2) is 0 Å². The molecule has 0 rings (SSSR count). The summed E-state index contributed by atoms with van der Waals surface area (Å²) in [7, 11) is 0. The molecule has 4 heteroatoms. The number of hydrogen-bond donors (Lipinski definition) is 2. The summed E-state index contributed by atoms with van der Waals surface area (Å²) in [4.78, 5) is 11.3. The number of carboxylic acid groups (broad SMARTS) is 1. The van der Waals surface area contributed by atoms with Gasteiger partial charge in [-0.1, -0.05) is 13.3 Å². The quantitative estimate of drug-likeness (QED) is 0.612. The lowest BCUT2D eigenvalue weighted by molar-refractivity contribution is -0.146. The fourth-order valence-electron chi connectivity index (χ4n) is 1.91. The standard InChI is InChI=1S/C13H27NO3/c1-6-7-8-17-11(4)9-13(5,12(15)16)14-10(2)3/h10-11,14H,6-9H2,1-5H3,(H,15,16). The van der Waals surface area contributed by atoms with Crippen molar-refractivity contribution in [1.82, 2.24) is 5.32 Å². The molecule has 0 saturated carbocycles. The molecule has 4 nitrogen and oxygen atoms in total. The molecule has 2 atom stereocenters. The van der Waals surface area contributed by atoms with Gasteiger partial charge in [-0.15, -0.1) is 0 Å². The molecule has 0 aliphatic heterocycles. The Hall–Kier alpha value is -0.610. The Labute approximate surface area is 105 Å². The number of hydrogen-bond acceptors (Lipinski definition) is 3. The van der Waals surface area contributed by atoms with Crippen LogP contribution in [0.1, 0.15) is 53.9 Å². The zero-order chi connectivity index (χ0) is 13.5. The minimum Gasteiger partial charge on any atom is -0.480 e. The van der Waals surface area contributed by atoms with Crippen LogP contribution in [0, 0.1) is 0 Å². The lowest BCUT2D eigenvalue weighted by Gasteiger charge is -2.31. The normalized spacial score (nSPS) is 16.8. The lowest BCUT2D eigenvalue weighted by Crippen LogP contribution is -2.54. The topological polar surface area (TPSA) is 58.6 Å². The Bertz CT molecular complexity index is 231. The maximum atomic E-state index is 11.3. The summed E-state index contributed by atoms with van der Waals surface area (Å²) >= 11 is 0. The van der Waals surface area contributed by atoms with E-state index in [1.807, 2.05) is 20.8 Å². The summed E-state index contributed by atoms with van der Waals surface area (Å²) in [5.41, 5.74) is -0.917. The van der Waals surface area contributed by atoms with E-state index >= 15 is 0 Å². The molecule has 0 fully saturated rings. The molecular formula is C13H27NO3. The van der Waals surface area contributed by atoms with Crippen molar-refractivity contribution >= 4 is 5.97 Å². The summed E-state index contributed by atoms with van der Waals surface area (Å²) in [5, 5.41) is 12.4. The Morgan fingerprint density at radius 1 is 1.41 bits per heavy atom. The van der Waals surface area contributed by atoms with Gasteiger partial charge in [0.1, 0.15) is 5.54 Å². The molecule has 0 bridgehead atoms. The molecule has 2 unspecified atom stereocenters. The predicted octanol–water partition coefficient (Wildman–Crippen LogP) is 2.42. The molecule has 0 heterocycles. The van der Waals surface area contributed by atoms with Gasteiger partial charge in [-0.3, -0.25) is 10.1 Å². The average molecular weight is 245 g/mol. The molecular weight excluding hydrogens is 218 g/mol. The number of ether oxygens (including phenoxy) is 1. The van der Waals surface area contributed by atoms with Crippen molar-refractivity contribution in [2.45, 2.75) is 71.6 Å². The molecule has 2 N–H and O–H groups in total. The highest BCUT2D eigenvalue weighted by Gasteiger charge is 2.35. The van der Waals surface area contributed by atoms with Gasteiger partial charge in [0.2, 0.25) is 0 Å². The monoisotopic (exact) mass is 245 g/mol. The van der Waals surface area contributed by atoms with Crippen LogP contribution in [-0.2, 0) is 9.53 Å².